The molecule has 1 aromatic carbocycles. The lowest BCUT2D eigenvalue weighted by molar-refractivity contribution is -0.128. The molecule has 0 spiro atoms. The maximum atomic E-state index is 11.6. The highest BCUT2D eigenvalue weighted by Crippen LogP contribution is 2.24. The van der Waals surface area contributed by atoms with Gasteiger partial charge in [0.05, 0.1) is 6.10 Å². The van der Waals surface area contributed by atoms with E-state index >= 15 is 0 Å². The van der Waals surface area contributed by atoms with E-state index in [1.165, 1.54) is 24.1 Å². The molecule has 2 saturated heterocycles. The highest BCUT2D eigenvalue weighted by molar-refractivity contribution is 5.78. The second-order valence-corrected chi connectivity index (χ2v) is 7.02. The van der Waals surface area contributed by atoms with Crippen LogP contribution in [0.5, 0.6) is 0 Å². The molecular formula is C19H29N3O2. The number of nitrogens with zero attached hydrogens (tertiary/aromatic N) is 2. The van der Waals surface area contributed by atoms with Gasteiger partial charge in [0.2, 0.25) is 5.91 Å². The van der Waals surface area contributed by atoms with Gasteiger partial charge in [0.1, 0.15) is 0 Å². The van der Waals surface area contributed by atoms with E-state index < -0.39 is 6.10 Å². The molecule has 1 aromatic rings. The predicted molar refractivity (Wildman–Crippen MR) is 96.1 cm³/mol. The van der Waals surface area contributed by atoms with Gasteiger partial charge >= 0.3 is 0 Å². The van der Waals surface area contributed by atoms with Crippen molar-refractivity contribution < 1.29 is 9.90 Å². The van der Waals surface area contributed by atoms with Gasteiger partial charge in [-0.15, -0.1) is 0 Å². The summed E-state index contributed by atoms with van der Waals surface area (Å²) in [5, 5.41) is 13.6. The Labute approximate surface area is 144 Å². The van der Waals surface area contributed by atoms with Crippen LogP contribution in [0.4, 0.5) is 5.69 Å². The molecule has 2 aliphatic heterocycles. The van der Waals surface area contributed by atoms with Crippen molar-refractivity contribution in [1.82, 2.24) is 10.2 Å². The van der Waals surface area contributed by atoms with Gasteiger partial charge in [0.25, 0.3) is 0 Å². The standard InChI is InChI=1S/C19H29N3O2/c1-15(20-13-18(23)14-22-11-5-8-19(22)24)16-6-4-7-17(12-16)21-9-2-3-10-21/h4,6-7,12,15,18,20,23H,2-3,5,8-11,13-14H2,1H3. The number of aliphatic hydroxyl groups is 1. The third-order valence-corrected chi connectivity index (χ3v) is 5.10. The van der Waals surface area contributed by atoms with Gasteiger partial charge in [-0.2, -0.15) is 0 Å². The number of rotatable bonds is 7. The number of benzene rings is 1. The van der Waals surface area contributed by atoms with Crippen molar-refractivity contribution in [3.8, 4) is 0 Å². The summed E-state index contributed by atoms with van der Waals surface area (Å²) in [6.45, 7) is 6.13. The van der Waals surface area contributed by atoms with E-state index in [0.29, 0.717) is 19.5 Å². The maximum absolute atomic E-state index is 11.6. The van der Waals surface area contributed by atoms with Crippen LogP contribution < -0.4 is 10.2 Å². The molecule has 5 heteroatoms. The molecule has 2 fully saturated rings. The minimum Gasteiger partial charge on any atom is -0.390 e. The lowest BCUT2D eigenvalue weighted by Crippen LogP contribution is -2.39. The Morgan fingerprint density at radius 3 is 2.71 bits per heavy atom. The molecule has 1 amide bonds. The fourth-order valence-corrected chi connectivity index (χ4v) is 3.61. The van der Waals surface area contributed by atoms with Gasteiger partial charge in [-0.1, -0.05) is 12.1 Å². The molecule has 3 rings (SSSR count). The van der Waals surface area contributed by atoms with E-state index in [-0.39, 0.29) is 11.9 Å². The van der Waals surface area contributed by atoms with Crippen molar-refractivity contribution in [1.29, 1.82) is 0 Å². The minimum atomic E-state index is -0.517. The molecule has 2 unspecified atom stereocenters. The maximum Gasteiger partial charge on any atom is 0.222 e. The summed E-state index contributed by atoms with van der Waals surface area (Å²) in [4.78, 5) is 15.8. The van der Waals surface area contributed by atoms with Crippen LogP contribution in [-0.2, 0) is 4.79 Å². The Kier molecular flexibility index (Phi) is 5.74. The highest BCUT2D eigenvalue weighted by Gasteiger charge is 2.22. The number of hydrogen-bond donors (Lipinski definition) is 2. The molecule has 2 N–H and O–H groups in total. The molecule has 24 heavy (non-hydrogen) atoms. The Bertz CT molecular complexity index is 557. The average molecular weight is 331 g/mol. The van der Waals surface area contributed by atoms with Gasteiger partial charge < -0.3 is 20.2 Å². The zero-order chi connectivity index (χ0) is 16.9. The molecule has 2 heterocycles. The van der Waals surface area contributed by atoms with Crippen LogP contribution in [0, 0.1) is 0 Å². The number of anilines is 1. The lowest BCUT2D eigenvalue weighted by atomic mass is 10.1. The molecule has 2 aliphatic rings. The third-order valence-electron chi connectivity index (χ3n) is 5.10. The minimum absolute atomic E-state index is 0.167. The quantitative estimate of drug-likeness (QED) is 0.801. The Hall–Kier alpha value is -1.59. The van der Waals surface area contributed by atoms with E-state index in [1.54, 1.807) is 4.90 Å². The smallest absolute Gasteiger partial charge is 0.222 e. The van der Waals surface area contributed by atoms with E-state index in [1.807, 2.05) is 0 Å². The number of aliphatic hydroxyl groups excluding tert-OH is 1. The largest absolute Gasteiger partial charge is 0.390 e. The fraction of sp³-hybridized carbons (Fsp3) is 0.632. The molecule has 0 radical (unpaired) electrons. The first kappa shape index (κ1) is 17.2. The summed E-state index contributed by atoms with van der Waals surface area (Å²) in [5.41, 5.74) is 2.53. The lowest BCUT2D eigenvalue weighted by Gasteiger charge is -2.23. The van der Waals surface area contributed by atoms with Crippen molar-refractivity contribution in [3.63, 3.8) is 0 Å². The molecule has 0 saturated carbocycles. The predicted octanol–water partition coefficient (Wildman–Crippen LogP) is 1.92. The van der Waals surface area contributed by atoms with E-state index in [4.69, 9.17) is 0 Å². The molecule has 2 atom stereocenters. The Morgan fingerprint density at radius 2 is 2.00 bits per heavy atom. The summed E-state index contributed by atoms with van der Waals surface area (Å²) >= 11 is 0. The second kappa shape index (κ2) is 7.99. The molecular weight excluding hydrogens is 302 g/mol. The van der Waals surface area contributed by atoms with Gasteiger partial charge in [-0.25, -0.2) is 0 Å². The van der Waals surface area contributed by atoms with E-state index in [0.717, 1.165) is 26.1 Å². The van der Waals surface area contributed by atoms with Gasteiger partial charge in [-0.05, 0) is 43.9 Å². The molecule has 0 bridgehead atoms. The van der Waals surface area contributed by atoms with Crippen LogP contribution in [0.2, 0.25) is 0 Å². The van der Waals surface area contributed by atoms with Crippen LogP contribution in [0.3, 0.4) is 0 Å². The number of carbonyl (C=O) groups excluding carboxylic acids is 1. The fourth-order valence-electron chi connectivity index (χ4n) is 3.61. The van der Waals surface area contributed by atoms with Gasteiger partial charge in [0.15, 0.2) is 0 Å². The number of amides is 1. The highest BCUT2D eigenvalue weighted by atomic mass is 16.3. The third kappa shape index (κ3) is 4.28. The number of β-amino-alcohol motifs (C(OH)–C–C–N with tert-alkyl or cyclic N) is 1. The van der Waals surface area contributed by atoms with Crippen LogP contribution in [0.1, 0.15) is 44.2 Å². The molecule has 0 aromatic heterocycles. The normalized spacial score (nSPS) is 20.7. The van der Waals surface area contributed by atoms with Crippen molar-refractivity contribution in [2.45, 2.75) is 44.8 Å². The first-order valence-electron chi connectivity index (χ1n) is 9.17. The SMILES string of the molecule is CC(NCC(O)CN1CCCC1=O)c1cccc(N2CCCC2)c1. The topological polar surface area (TPSA) is 55.8 Å². The molecule has 0 aliphatic carbocycles. The molecule has 5 nitrogen and oxygen atoms in total. The van der Waals surface area contributed by atoms with Crippen molar-refractivity contribution in [2.75, 3.05) is 37.6 Å². The van der Waals surface area contributed by atoms with E-state index in [9.17, 15) is 9.90 Å². The van der Waals surface area contributed by atoms with Gasteiger partial charge in [-0.3, -0.25) is 4.79 Å². The Morgan fingerprint density at radius 1 is 1.21 bits per heavy atom. The summed E-state index contributed by atoms with van der Waals surface area (Å²) < 4.78 is 0. The second-order valence-electron chi connectivity index (χ2n) is 7.02. The number of hydrogen-bond acceptors (Lipinski definition) is 4. The Balaban J connectivity index is 1.50. The monoisotopic (exact) mass is 331 g/mol. The van der Waals surface area contributed by atoms with Crippen molar-refractivity contribution in [2.24, 2.45) is 0 Å². The first-order valence-corrected chi connectivity index (χ1v) is 9.17. The summed E-state index contributed by atoms with van der Waals surface area (Å²) in [6, 6.07) is 8.85. The summed E-state index contributed by atoms with van der Waals surface area (Å²) in [5.74, 6) is 0.167. The van der Waals surface area contributed by atoms with Crippen molar-refractivity contribution >= 4 is 11.6 Å². The summed E-state index contributed by atoms with van der Waals surface area (Å²) in [6.07, 6.45) is 3.58. The summed E-state index contributed by atoms with van der Waals surface area (Å²) in [7, 11) is 0. The number of likely N-dealkylation sites (tertiary alicyclic amines) is 1. The van der Waals surface area contributed by atoms with Crippen LogP contribution >= 0.6 is 0 Å². The number of carbonyl (C=O) groups is 1. The van der Waals surface area contributed by atoms with Crippen LogP contribution in [-0.4, -0.2) is 54.7 Å². The van der Waals surface area contributed by atoms with Crippen molar-refractivity contribution in [3.05, 3.63) is 29.8 Å². The number of nitrogens with one attached hydrogen (secondary N) is 1. The van der Waals surface area contributed by atoms with Crippen LogP contribution in [0.25, 0.3) is 0 Å². The average Bonchev–Trinajstić information content (AvgIpc) is 3.25. The zero-order valence-electron chi connectivity index (χ0n) is 14.6. The first-order chi connectivity index (χ1) is 11.6. The van der Waals surface area contributed by atoms with Crippen LogP contribution in [0.15, 0.2) is 24.3 Å². The molecule has 132 valence electrons. The zero-order valence-corrected chi connectivity index (χ0v) is 14.6. The van der Waals surface area contributed by atoms with Gasteiger partial charge in [0, 0.05) is 50.9 Å². The van der Waals surface area contributed by atoms with E-state index in [2.05, 4.69) is 41.4 Å².